The molecule has 3 aromatic carbocycles. The number of carbonyl (C=O) groups is 1. The first-order valence-electron chi connectivity index (χ1n) is 11.2. The van der Waals surface area contributed by atoms with Gasteiger partial charge in [-0.1, -0.05) is 60.7 Å². The fourth-order valence-corrected chi connectivity index (χ4v) is 5.48. The van der Waals surface area contributed by atoms with Gasteiger partial charge in [-0.05, 0) is 52.1 Å². The molecule has 0 amide bonds. The van der Waals surface area contributed by atoms with Gasteiger partial charge in [-0.15, -0.1) is 11.8 Å². The monoisotopic (exact) mass is 485 g/mol. The lowest BCUT2D eigenvalue weighted by Gasteiger charge is -2.20. The van der Waals surface area contributed by atoms with E-state index in [0.29, 0.717) is 22.3 Å². The second kappa shape index (κ2) is 9.84. The minimum atomic E-state index is -0.920. The average Bonchev–Trinajstić information content (AvgIpc) is 3.00. The maximum atomic E-state index is 13.6. The molecule has 35 heavy (non-hydrogen) atoms. The lowest BCUT2D eigenvalue weighted by Crippen LogP contribution is -2.04. The van der Waals surface area contributed by atoms with Crippen molar-refractivity contribution in [3.05, 3.63) is 112 Å². The molecule has 4 aromatic rings. The lowest BCUT2D eigenvalue weighted by molar-refractivity contribution is -0.136. The molecule has 1 atom stereocenters. The van der Waals surface area contributed by atoms with Gasteiger partial charge in [0.2, 0.25) is 0 Å². The zero-order valence-electron chi connectivity index (χ0n) is 18.6. The summed E-state index contributed by atoms with van der Waals surface area (Å²) in [6, 6.07) is 20.1. The number of thioether (sulfide) groups is 1. The normalized spacial score (nSPS) is 14.6. The van der Waals surface area contributed by atoms with Crippen molar-refractivity contribution < 1.29 is 18.7 Å². The Balaban J connectivity index is 1.48. The minimum Gasteiger partial charge on any atom is -0.481 e. The molecule has 5 rings (SSSR count). The number of nitrogens with zero attached hydrogens (tertiary/aromatic N) is 1. The van der Waals surface area contributed by atoms with E-state index < -0.39 is 17.6 Å². The van der Waals surface area contributed by atoms with E-state index in [0.717, 1.165) is 39.9 Å². The molecule has 1 N–H and O–H groups in total. The maximum absolute atomic E-state index is 13.6. The van der Waals surface area contributed by atoms with E-state index in [9.17, 15) is 13.6 Å². The first-order valence-corrected chi connectivity index (χ1v) is 12.2. The van der Waals surface area contributed by atoms with Crippen LogP contribution in [0.4, 0.5) is 8.78 Å². The SMILES string of the molecule is O=C(O)CCSC1c2ccccc2C=Cc2ccc(C=Cc3ccc4cc(F)c(F)cc4n3)cc21. The zero-order chi connectivity index (χ0) is 24.4. The Morgan fingerprint density at radius 3 is 2.51 bits per heavy atom. The third-order valence-electron chi connectivity index (χ3n) is 5.91. The summed E-state index contributed by atoms with van der Waals surface area (Å²) < 4.78 is 27.1. The topological polar surface area (TPSA) is 50.2 Å². The molecule has 1 aliphatic rings. The number of pyridine rings is 1. The van der Waals surface area contributed by atoms with Crippen molar-refractivity contribution in [2.75, 3.05) is 5.75 Å². The Bertz CT molecular complexity index is 1500. The summed E-state index contributed by atoms with van der Waals surface area (Å²) in [7, 11) is 0. The number of hydrogen-bond donors (Lipinski definition) is 1. The number of carboxylic acids is 1. The van der Waals surface area contributed by atoms with Crippen LogP contribution in [0.5, 0.6) is 0 Å². The quantitative estimate of drug-likeness (QED) is 0.308. The fourth-order valence-electron chi connectivity index (χ4n) is 4.18. The van der Waals surface area contributed by atoms with Gasteiger partial charge in [0.1, 0.15) is 0 Å². The van der Waals surface area contributed by atoms with Crippen LogP contribution >= 0.6 is 11.8 Å². The molecule has 174 valence electrons. The van der Waals surface area contributed by atoms with Crippen molar-refractivity contribution in [2.24, 2.45) is 0 Å². The largest absolute Gasteiger partial charge is 0.481 e. The van der Waals surface area contributed by atoms with Gasteiger partial charge in [0.25, 0.3) is 0 Å². The Morgan fingerprint density at radius 2 is 1.69 bits per heavy atom. The molecule has 1 heterocycles. The summed E-state index contributed by atoms with van der Waals surface area (Å²) >= 11 is 1.63. The third-order valence-corrected chi connectivity index (χ3v) is 7.20. The third kappa shape index (κ3) is 5.03. The van der Waals surface area contributed by atoms with Gasteiger partial charge in [0.05, 0.1) is 22.9 Å². The van der Waals surface area contributed by atoms with Gasteiger partial charge in [0.15, 0.2) is 11.6 Å². The molecular weight excluding hydrogens is 464 g/mol. The highest BCUT2D eigenvalue weighted by molar-refractivity contribution is 7.99. The molecule has 0 radical (unpaired) electrons. The van der Waals surface area contributed by atoms with Crippen LogP contribution in [0.25, 0.3) is 35.2 Å². The maximum Gasteiger partial charge on any atom is 0.304 e. The highest BCUT2D eigenvalue weighted by atomic mass is 32.2. The van der Waals surface area contributed by atoms with Crippen LogP contribution in [0.15, 0.2) is 66.7 Å². The van der Waals surface area contributed by atoms with Crippen LogP contribution in [0.1, 0.15) is 45.2 Å². The molecule has 0 bridgehead atoms. The number of hydrogen-bond acceptors (Lipinski definition) is 3. The number of halogens is 2. The number of aromatic nitrogens is 1. The molecule has 1 aromatic heterocycles. The van der Waals surface area contributed by atoms with Crippen molar-refractivity contribution in [1.82, 2.24) is 4.98 Å². The Labute approximate surface area is 205 Å². The standard InChI is InChI=1S/C29H21F2NO2S/c30-25-16-21-10-12-22(32-27(21)17-26(25)31)11-6-18-5-7-20-9-8-19-3-1-2-4-23(19)29(24(20)15-18)35-14-13-28(33)34/h1-12,15-17,29H,13-14H2,(H,33,34). The Morgan fingerprint density at radius 1 is 0.914 bits per heavy atom. The number of aliphatic carboxylic acids is 1. The van der Waals surface area contributed by atoms with Gasteiger partial charge < -0.3 is 5.11 Å². The van der Waals surface area contributed by atoms with Crippen LogP contribution in [0.2, 0.25) is 0 Å². The van der Waals surface area contributed by atoms with Crippen molar-refractivity contribution in [3.8, 4) is 0 Å². The number of benzene rings is 3. The Kier molecular flexibility index (Phi) is 6.47. The summed E-state index contributed by atoms with van der Waals surface area (Å²) in [5.74, 6) is -2.11. The first kappa shape index (κ1) is 23.0. The highest BCUT2D eigenvalue weighted by Gasteiger charge is 2.22. The molecule has 0 spiro atoms. The predicted octanol–water partition coefficient (Wildman–Crippen LogP) is 7.46. The second-order valence-electron chi connectivity index (χ2n) is 8.27. The fraction of sp³-hybridized carbons (Fsp3) is 0.103. The Hall–Kier alpha value is -3.77. The summed E-state index contributed by atoms with van der Waals surface area (Å²) in [5, 5.41) is 9.67. The molecule has 6 heteroatoms. The number of fused-ring (bicyclic) bond motifs is 3. The van der Waals surface area contributed by atoms with E-state index in [2.05, 4.69) is 41.4 Å². The van der Waals surface area contributed by atoms with Crippen LogP contribution in [0, 0.1) is 11.6 Å². The van der Waals surface area contributed by atoms with E-state index in [1.165, 1.54) is 0 Å². The molecule has 0 saturated carbocycles. The van der Waals surface area contributed by atoms with E-state index in [1.807, 2.05) is 30.4 Å². The number of rotatable bonds is 6. The molecule has 0 aliphatic heterocycles. The molecule has 3 nitrogen and oxygen atoms in total. The van der Waals surface area contributed by atoms with Gasteiger partial charge in [0, 0.05) is 17.2 Å². The first-order chi connectivity index (χ1) is 17.0. The predicted molar refractivity (Wildman–Crippen MR) is 139 cm³/mol. The van der Waals surface area contributed by atoms with E-state index in [4.69, 9.17) is 5.11 Å². The van der Waals surface area contributed by atoms with Crippen LogP contribution in [-0.4, -0.2) is 21.8 Å². The van der Waals surface area contributed by atoms with Crippen molar-refractivity contribution in [2.45, 2.75) is 11.7 Å². The molecule has 0 fully saturated rings. The van der Waals surface area contributed by atoms with E-state index in [-0.39, 0.29) is 11.7 Å². The van der Waals surface area contributed by atoms with Crippen LogP contribution in [-0.2, 0) is 4.79 Å². The van der Waals surface area contributed by atoms with Crippen molar-refractivity contribution in [3.63, 3.8) is 0 Å². The van der Waals surface area contributed by atoms with Crippen molar-refractivity contribution >= 4 is 52.9 Å². The van der Waals surface area contributed by atoms with Gasteiger partial charge in [-0.25, -0.2) is 13.8 Å². The van der Waals surface area contributed by atoms with Gasteiger partial charge in [-0.3, -0.25) is 4.79 Å². The minimum absolute atomic E-state index is 0.000524. The second-order valence-corrected chi connectivity index (χ2v) is 9.49. The summed E-state index contributed by atoms with van der Waals surface area (Å²) in [4.78, 5) is 15.5. The van der Waals surface area contributed by atoms with Crippen molar-refractivity contribution in [1.29, 1.82) is 0 Å². The molecule has 0 saturated heterocycles. The summed E-state index contributed by atoms with van der Waals surface area (Å²) in [5.41, 5.74) is 6.48. The molecule has 1 aliphatic carbocycles. The zero-order valence-corrected chi connectivity index (χ0v) is 19.4. The van der Waals surface area contributed by atoms with Crippen LogP contribution < -0.4 is 0 Å². The average molecular weight is 486 g/mol. The molecular formula is C29H21F2NO2S. The number of carboxylic acid groups (broad SMARTS) is 1. The van der Waals surface area contributed by atoms with Gasteiger partial charge >= 0.3 is 5.97 Å². The van der Waals surface area contributed by atoms with Gasteiger partial charge in [-0.2, -0.15) is 0 Å². The molecule has 1 unspecified atom stereocenters. The van der Waals surface area contributed by atoms with E-state index >= 15 is 0 Å². The smallest absolute Gasteiger partial charge is 0.304 e. The summed E-state index contributed by atoms with van der Waals surface area (Å²) in [6.45, 7) is 0. The highest BCUT2D eigenvalue weighted by Crippen LogP contribution is 2.42. The van der Waals surface area contributed by atoms with Crippen LogP contribution in [0.3, 0.4) is 0 Å². The summed E-state index contributed by atoms with van der Waals surface area (Å²) in [6.07, 6.45) is 8.08. The van der Waals surface area contributed by atoms with E-state index in [1.54, 1.807) is 23.9 Å². The lowest BCUT2D eigenvalue weighted by atomic mass is 9.97.